The number of rotatable bonds is 4. The Morgan fingerprint density at radius 3 is 1.77 bits per heavy atom. The van der Waals surface area contributed by atoms with E-state index in [-0.39, 0.29) is 16.2 Å². The molecule has 1 N–H and O–H groups in total. The molecule has 0 unspecified atom stereocenters. The number of hydrogen-bond acceptors (Lipinski definition) is 4. The van der Waals surface area contributed by atoms with Gasteiger partial charge in [0.2, 0.25) is 0 Å². The van der Waals surface area contributed by atoms with Gasteiger partial charge in [-0.3, -0.25) is 19.4 Å². The van der Waals surface area contributed by atoms with Gasteiger partial charge in [-0.1, -0.05) is 48.5 Å². The number of anilines is 2. The molecule has 0 bridgehead atoms. The number of hydrogen-bond donors (Lipinski definition) is 1. The normalized spacial score (nSPS) is 14.1. The van der Waals surface area contributed by atoms with Crippen molar-refractivity contribution >= 4 is 52.6 Å². The van der Waals surface area contributed by atoms with Crippen LogP contribution < -0.4 is 9.80 Å². The Balaban J connectivity index is 1.86. The molecule has 0 spiro atoms. The van der Waals surface area contributed by atoms with Gasteiger partial charge in [0.05, 0.1) is 16.9 Å². The second kappa shape index (κ2) is 8.33. The second-order valence-corrected chi connectivity index (χ2v) is 7.09. The Hall–Kier alpha value is -4.10. The molecule has 0 aromatic heterocycles. The molecule has 31 heavy (non-hydrogen) atoms. The lowest BCUT2D eigenvalue weighted by molar-refractivity contribution is -0.120. The molecular formula is C24H16N2O4S. The summed E-state index contributed by atoms with van der Waals surface area (Å²) in [6, 6.07) is 23.7. The highest BCUT2D eigenvalue weighted by atomic mass is 32.1. The largest absolute Gasteiger partial charge is 0.478 e. The number of thiocarbonyl (C=S) groups is 1. The van der Waals surface area contributed by atoms with Crippen LogP contribution in [-0.2, 0) is 9.59 Å². The fraction of sp³-hybridized carbons (Fsp3) is 0. The highest BCUT2D eigenvalue weighted by Crippen LogP contribution is 2.29. The van der Waals surface area contributed by atoms with Gasteiger partial charge in [-0.15, -0.1) is 0 Å². The molecule has 6 nitrogen and oxygen atoms in total. The topological polar surface area (TPSA) is 77.9 Å². The summed E-state index contributed by atoms with van der Waals surface area (Å²) in [7, 11) is 0. The molecule has 4 rings (SSSR count). The first-order valence-electron chi connectivity index (χ1n) is 9.35. The lowest BCUT2D eigenvalue weighted by atomic mass is 10.0. The van der Waals surface area contributed by atoms with E-state index in [1.54, 1.807) is 60.7 Å². The van der Waals surface area contributed by atoms with E-state index in [0.717, 1.165) is 0 Å². The van der Waals surface area contributed by atoms with Gasteiger partial charge >= 0.3 is 5.97 Å². The maximum Gasteiger partial charge on any atom is 0.335 e. The molecule has 3 aromatic carbocycles. The number of aromatic carboxylic acids is 1. The van der Waals surface area contributed by atoms with E-state index in [2.05, 4.69) is 0 Å². The molecule has 1 fully saturated rings. The number of carbonyl (C=O) groups is 3. The number of benzene rings is 3. The van der Waals surface area contributed by atoms with Crippen LogP contribution in [0, 0.1) is 0 Å². The van der Waals surface area contributed by atoms with E-state index in [9.17, 15) is 19.5 Å². The molecule has 2 amide bonds. The summed E-state index contributed by atoms with van der Waals surface area (Å²) in [6.07, 6.45) is 1.39. The fourth-order valence-corrected chi connectivity index (χ4v) is 3.64. The summed E-state index contributed by atoms with van der Waals surface area (Å²) < 4.78 is 0. The molecule has 1 saturated heterocycles. The minimum atomic E-state index is -1.10. The Morgan fingerprint density at radius 1 is 0.774 bits per heavy atom. The predicted molar refractivity (Wildman–Crippen MR) is 122 cm³/mol. The molecule has 7 heteroatoms. The first kappa shape index (κ1) is 20.2. The Bertz CT molecular complexity index is 1160. The van der Waals surface area contributed by atoms with Gasteiger partial charge in [0, 0.05) is 0 Å². The minimum Gasteiger partial charge on any atom is -0.478 e. The summed E-state index contributed by atoms with van der Waals surface area (Å²) in [5, 5.41) is 9.29. The molecule has 152 valence electrons. The van der Waals surface area contributed by atoms with Crippen LogP contribution in [0.15, 0.2) is 90.5 Å². The average molecular weight is 428 g/mol. The Morgan fingerprint density at radius 2 is 1.29 bits per heavy atom. The molecule has 0 radical (unpaired) electrons. The zero-order valence-corrected chi connectivity index (χ0v) is 17.0. The smallest absolute Gasteiger partial charge is 0.335 e. The highest BCUT2D eigenvalue weighted by molar-refractivity contribution is 7.81. The molecule has 1 heterocycles. The predicted octanol–water partition coefficient (Wildman–Crippen LogP) is 4.13. The van der Waals surface area contributed by atoms with Crippen LogP contribution in [0.4, 0.5) is 11.4 Å². The van der Waals surface area contributed by atoms with Crippen LogP contribution in [0.1, 0.15) is 15.9 Å². The van der Waals surface area contributed by atoms with Gasteiger partial charge in [0.15, 0.2) is 5.11 Å². The van der Waals surface area contributed by atoms with Gasteiger partial charge in [-0.25, -0.2) is 4.79 Å². The maximum atomic E-state index is 13.4. The Labute approximate surface area is 183 Å². The second-order valence-electron chi connectivity index (χ2n) is 6.72. The molecular weight excluding hydrogens is 412 g/mol. The average Bonchev–Trinajstić information content (AvgIpc) is 2.78. The molecule has 0 atom stereocenters. The maximum absolute atomic E-state index is 13.4. The minimum absolute atomic E-state index is 0.0452. The third-order valence-corrected chi connectivity index (χ3v) is 5.09. The standard InChI is InChI=1S/C24H16N2O4S/c27-21-20(15-16-8-7-9-17(14-16)23(29)30)22(28)26(19-12-5-2-6-13-19)24(31)25(21)18-10-3-1-4-11-18/h1-15H,(H,29,30). The number of carboxylic acids is 1. The summed E-state index contributed by atoms with van der Waals surface area (Å²) in [4.78, 5) is 40.6. The zero-order valence-electron chi connectivity index (χ0n) is 16.1. The lowest BCUT2D eigenvalue weighted by Crippen LogP contribution is -2.56. The molecule has 0 saturated carbocycles. The van der Waals surface area contributed by atoms with Crippen molar-refractivity contribution in [2.75, 3.05) is 9.80 Å². The van der Waals surface area contributed by atoms with Crippen molar-refractivity contribution in [1.29, 1.82) is 0 Å². The van der Waals surface area contributed by atoms with Gasteiger partial charge in [-0.05, 0) is 60.3 Å². The summed E-state index contributed by atoms with van der Waals surface area (Å²) in [5.74, 6) is -2.25. The van der Waals surface area contributed by atoms with E-state index in [1.807, 2.05) is 12.1 Å². The zero-order chi connectivity index (χ0) is 22.0. The number of carbonyl (C=O) groups excluding carboxylic acids is 2. The van der Waals surface area contributed by atoms with Crippen LogP contribution in [0.3, 0.4) is 0 Å². The number of para-hydroxylation sites is 2. The summed E-state index contributed by atoms with van der Waals surface area (Å²) in [6.45, 7) is 0. The van der Waals surface area contributed by atoms with E-state index in [0.29, 0.717) is 16.9 Å². The van der Waals surface area contributed by atoms with Crippen molar-refractivity contribution < 1.29 is 19.5 Å². The van der Waals surface area contributed by atoms with Crippen molar-refractivity contribution in [3.05, 3.63) is 102 Å². The highest BCUT2D eigenvalue weighted by Gasteiger charge is 2.41. The van der Waals surface area contributed by atoms with Crippen molar-refractivity contribution in [2.24, 2.45) is 0 Å². The Kier molecular flexibility index (Phi) is 5.43. The van der Waals surface area contributed by atoms with Crippen LogP contribution in [0.25, 0.3) is 6.08 Å². The van der Waals surface area contributed by atoms with Crippen LogP contribution >= 0.6 is 12.2 Å². The van der Waals surface area contributed by atoms with Crippen molar-refractivity contribution in [1.82, 2.24) is 0 Å². The van der Waals surface area contributed by atoms with Crippen LogP contribution in [-0.4, -0.2) is 28.0 Å². The van der Waals surface area contributed by atoms with Crippen molar-refractivity contribution in [3.63, 3.8) is 0 Å². The van der Waals surface area contributed by atoms with E-state index < -0.39 is 17.8 Å². The number of nitrogens with zero attached hydrogens (tertiary/aromatic N) is 2. The molecule has 1 aliphatic heterocycles. The van der Waals surface area contributed by atoms with Gasteiger partial charge in [-0.2, -0.15) is 0 Å². The van der Waals surface area contributed by atoms with Crippen molar-refractivity contribution in [3.8, 4) is 0 Å². The first-order chi connectivity index (χ1) is 15.0. The third kappa shape index (κ3) is 3.86. The quantitative estimate of drug-likeness (QED) is 0.384. The third-order valence-electron chi connectivity index (χ3n) is 4.72. The molecule has 1 aliphatic rings. The van der Waals surface area contributed by atoms with Crippen LogP contribution in [0.5, 0.6) is 0 Å². The first-order valence-corrected chi connectivity index (χ1v) is 9.76. The lowest BCUT2D eigenvalue weighted by Gasteiger charge is -2.36. The fourth-order valence-electron chi connectivity index (χ4n) is 3.27. The molecule has 0 aliphatic carbocycles. The van der Waals surface area contributed by atoms with Gasteiger partial charge in [0.1, 0.15) is 5.57 Å². The van der Waals surface area contributed by atoms with Crippen LogP contribution in [0.2, 0.25) is 0 Å². The van der Waals surface area contributed by atoms with Gasteiger partial charge < -0.3 is 5.11 Å². The summed E-state index contributed by atoms with van der Waals surface area (Å²) in [5.41, 5.74) is 1.40. The number of carboxylic acid groups (broad SMARTS) is 1. The monoisotopic (exact) mass is 428 g/mol. The number of amides is 2. The van der Waals surface area contributed by atoms with Crippen molar-refractivity contribution in [2.45, 2.75) is 0 Å². The van der Waals surface area contributed by atoms with E-state index in [4.69, 9.17) is 12.2 Å². The molecule has 3 aromatic rings. The van der Waals surface area contributed by atoms with E-state index in [1.165, 1.54) is 28.0 Å². The van der Waals surface area contributed by atoms with Gasteiger partial charge in [0.25, 0.3) is 11.8 Å². The summed E-state index contributed by atoms with van der Waals surface area (Å²) >= 11 is 5.54. The van der Waals surface area contributed by atoms with E-state index >= 15 is 0 Å². The SMILES string of the molecule is O=C(O)c1cccc(C=C2C(=O)N(c3ccccc3)C(=S)N(c3ccccc3)C2=O)c1.